The van der Waals surface area contributed by atoms with Crippen LogP contribution in [0.5, 0.6) is 0 Å². The molecule has 0 unspecified atom stereocenters. The van der Waals surface area contributed by atoms with Gasteiger partial charge in [-0.25, -0.2) is 9.78 Å². The highest BCUT2D eigenvalue weighted by atomic mass is 35.5. The van der Waals surface area contributed by atoms with Crippen LogP contribution in [0.4, 0.5) is 5.69 Å². The van der Waals surface area contributed by atoms with Crippen LogP contribution in [-0.4, -0.2) is 16.6 Å². The minimum absolute atomic E-state index is 0.0858. The topological polar surface area (TPSA) is 81.4 Å². The van der Waals surface area contributed by atoms with Crippen molar-refractivity contribution in [3.05, 3.63) is 92.9 Å². The zero-order valence-electron chi connectivity index (χ0n) is 20.3. The Labute approximate surface area is 208 Å². The average molecular weight is 491 g/mol. The van der Waals surface area contributed by atoms with Gasteiger partial charge in [0.05, 0.1) is 17.1 Å². The van der Waals surface area contributed by atoms with E-state index in [-0.39, 0.29) is 22.3 Å². The van der Waals surface area contributed by atoms with Gasteiger partial charge in [-0.05, 0) is 58.4 Å². The number of carbonyl (C=O) groups excluding carboxylic acids is 1. The highest BCUT2D eigenvalue weighted by Crippen LogP contribution is 2.31. The number of hydrogen-bond acceptors (Lipinski definition) is 6. The van der Waals surface area contributed by atoms with E-state index < -0.39 is 11.6 Å². The van der Waals surface area contributed by atoms with Crippen LogP contribution in [-0.2, 0) is 4.74 Å². The van der Waals surface area contributed by atoms with Crippen molar-refractivity contribution in [2.75, 3.05) is 5.32 Å². The Morgan fingerprint density at radius 3 is 2.49 bits per heavy atom. The Bertz CT molecular complexity index is 1460. The number of rotatable bonds is 5. The third kappa shape index (κ3) is 5.54. The normalized spacial score (nSPS) is 12.4. The summed E-state index contributed by atoms with van der Waals surface area (Å²) in [6, 6.07) is 17.7. The first-order valence-corrected chi connectivity index (χ1v) is 11.7. The molecule has 2 heterocycles. The fourth-order valence-corrected chi connectivity index (χ4v) is 3.99. The second-order valence-electron chi connectivity index (χ2n) is 9.47. The average Bonchev–Trinajstić information content (AvgIpc) is 2.79. The molecule has 6 nitrogen and oxygen atoms in total. The molecule has 0 radical (unpaired) electrons. The first-order chi connectivity index (χ1) is 16.5. The highest BCUT2D eigenvalue weighted by molar-refractivity contribution is 6.29. The molecule has 4 aromatic rings. The predicted octanol–water partition coefficient (Wildman–Crippen LogP) is 6.95. The third-order valence-electron chi connectivity index (χ3n) is 5.35. The molecule has 0 saturated heterocycles. The lowest BCUT2D eigenvalue weighted by Gasteiger charge is -2.22. The molecular formula is C28H27ClN2O4. The standard InChI is InChI=1S/C28H27ClN2O4/c1-16-13-19(26-20(14-16)22(32)15-23(34-26)18-9-7-6-8-10-18)17(2)30-21-11-12-24(29)31-25(21)27(33)35-28(3,4)5/h6-15,17,30H,1-5H3/t17-/m1/s1. The molecule has 0 aliphatic rings. The molecule has 2 aromatic heterocycles. The van der Waals surface area contributed by atoms with Gasteiger partial charge in [0.15, 0.2) is 11.1 Å². The highest BCUT2D eigenvalue weighted by Gasteiger charge is 2.24. The number of benzene rings is 2. The molecule has 0 aliphatic heterocycles. The van der Waals surface area contributed by atoms with Gasteiger partial charge in [0.1, 0.15) is 22.1 Å². The summed E-state index contributed by atoms with van der Waals surface area (Å²) >= 11 is 6.08. The summed E-state index contributed by atoms with van der Waals surface area (Å²) in [5.41, 5.74) is 2.74. The van der Waals surface area contributed by atoms with Crippen LogP contribution < -0.4 is 10.7 Å². The van der Waals surface area contributed by atoms with Gasteiger partial charge in [-0.2, -0.15) is 0 Å². The van der Waals surface area contributed by atoms with Crippen LogP contribution in [0, 0.1) is 6.92 Å². The summed E-state index contributed by atoms with van der Waals surface area (Å²) in [6.45, 7) is 9.22. The van der Waals surface area contributed by atoms with Gasteiger partial charge in [0.2, 0.25) is 0 Å². The van der Waals surface area contributed by atoms with Gasteiger partial charge in [-0.15, -0.1) is 0 Å². The summed E-state index contributed by atoms with van der Waals surface area (Å²) in [7, 11) is 0. The fourth-order valence-electron chi connectivity index (χ4n) is 3.85. The minimum atomic E-state index is -0.687. The molecule has 0 bridgehead atoms. The quantitative estimate of drug-likeness (QED) is 0.241. The van der Waals surface area contributed by atoms with E-state index in [0.29, 0.717) is 22.4 Å². The number of hydrogen-bond donors (Lipinski definition) is 1. The second kappa shape index (κ2) is 9.55. The smallest absolute Gasteiger partial charge is 0.359 e. The van der Waals surface area contributed by atoms with Crippen LogP contribution in [0.15, 0.2) is 69.9 Å². The summed E-state index contributed by atoms with van der Waals surface area (Å²) in [5, 5.41) is 4.01. The molecule has 4 rings (SSSR count). The maximum Gasteiger partial charge on any atom is 0.359 e. The number of nitrogens with one attached hydrogen (secondary N) is 1. The third-order valence-corrected chi connectivity index (χ3v) is 5.56. The summed E-state index contributed by atoms with van der Waals surface area (Å²) < 4.78 is 11.8. The monoisotopic (exact) mass is 490 g/mol. The van der Waals surface area contributed by atoms with Crippen molar-refractivity contribution in [2.45, 2.75) is 46.3 Å². The molecular weight excluding hydrogens is 464 g/mol. The van der Waals surface area contributed by atoms with Crippen molar-refractivity contribution in [1.29, 1.82) is 0 Å². The molecule has 35 heavy (non-hydrogen) atoms. The van der Waals surface area contributed by atoms with Crippen LogP contribution in [0.25, 0.3) is 22.3 Å². The minimum Gasteiger partial charge on any atom is -0.455 e. The van der Waals surface area contributed by atoms with Gasteiger partial charge in [-0.1, -0.05) is 48.0 Å². The number of ether oxygens (including phenoxy) is 1. The largest absolute Gasteiger partial charge is 0.455 e. The molecule has 7 heteroatoms. The number of aryl methyl sites for hydroxylation is 1. The van der Waals surface area contributed by atoms with E-state index in [1.165, 1.54) is 6.07 Å². The Balaban J connectivity index is 1.79. The van der Waals surface area contributed by atoms with Crippen molar-refractivity contribution in [3.8, 4) is 11.3 Å². The Morgan fingerprint density at radius 1 is 1.09 bits per heavy atom. The number of carbonyl (C=O) groups is 1. The van der Waals surface area contributed by atoms with Crippen LogP contribution in [0.1, 0.15) is 55.4 Å². The molecule has 180 valence electrons. The number of aromatic nitrogens is 1. The Morgan fingerprint density at radius 2 is 1.80 bits per heavy atom. The Hall–Kier alpha value is -3.64. The number of fused-ring (bicyclic) bond motifs is 1. The lowest BCUT2D eigenvalue weighted by molar-refractivity contribution is 0.00640. The molecule has 0 aliphatic carbocycles. The van der Waals surface area contributed by atoms with Crippen LogP contribution in [0.3, 0.4) is 0 Å². The lowest BCUT2D eigenvalue weighted by atomic mass is 10.0. The van der Waals surface area contributed by atoms with E-state index in [4.69, 9.17) is 20.8 Å². The van der Waals surface area contributed by atoms with E-state index in [0.717, 1.165) is 16.7 Å². The molecule has 0 amide bonds. The summed E-state index contributed by atoms with van der Waals surface area (Å²) in [5.74, 6) is -0.0929. The van der Waals surface area contributed by atoms with Gasteiger partial charge < -0.3 is 14.5 Å². The predicted molar refractivity (Wildman–Crippen MR) is 139 cm³/mol. The SMILES string of the molecule is Cc1cc([C@@H](C)Nc2ccc(Cl)nc2C(=O)OC(C)(C)C)c2oc(-c3ccccc3)cc(=O)c2c1. The van der Waals surface area contributed by atoms with E-state index in [1.807, 2.05) is 56.3 Å². The number of anilines is 1. The van der Waals surface area contributed by atoms with Gasteiger partial charge in [-0.3, -0.25) is 4.79 Å². The van der Waals surface area contributed by atoms with E-state index in [9.17, 15) is 9.59 Å². The van der Waals surface area contributed by atoms with Gasteiger partial charge in [0.25, 0.3) is 0 Å². The maximum absolute atomic E-state index is 13.0. The fraction of sp³-hybridized carbons (Fsp3) is 0.250. The zero-order valence-corrected chi connectivity index (χ0v) is 21.1. The maximum atomic E-state index is 13.0. The molecule has 0 spiro atoms. The van der Waals surface area contributed by atoms with E-state index in [1.54, 1.807) is 32.9 Å². The second-order valence-corrected chi connectivity index (χ2v) is 9.86. The molecule has 1 atom stereocenters. The molecule has 1 N–H and O–H groups in total. The summed E-state index contributed by atoms with van der Waals surface area (Å²) in [4.78, 5) is 30.0. The van der Waals surface area contributed by atoms with Gasteiger partial charge in [0, 0.05) is 17.2 Å². The van der Waals surface area contributed by atoms with Gasteiger partial charge >= 0.3 is 5.97 Å². The van der Waals surface area contributed by atoms with Crippen molar-refractivity contribution in [3.63, 3.8) is 0 Å². The van der Waals surface area contributed by atoms with Crippen molar-refractivity contribution < 1.29 is 13.9 Å². The summed E-state index contributed by atoms with van der Waals surface area (Å²) in [6.07, 6.45) is 0. The zero-order chi connectivity index (χ0) is 25.3. The number of esters is 1. The lowest BCUT2D eigenvalue weighted by Crippen LogP contribution is -2.25. The number of nitrogens with zero attached hydrogens (tertiary/aromatic N) is 1. The van der Waals surface area contributed by atoms with Crippen molar-refractivity contribution in [2.24, 2.45) is 0 Å². The number of halogens is 1. The molecule has 0 saturated carbocycles. The first-order valence-electron chi connectivity index (χ1n) is 11.3. The van der Waals surface area contributed by atoms with E-state index in [2.05, 4.69) is 10.3 Å². The molecule has 0 fully saturated rings. The van der Waals surface area contributed by atoms with E-state index >= 15 is 0 Å². The van der Waals surface area contributed by atoms with Crippen molar-refractivity contribution >= 4 is 34.2 Å². The van der Waals surface area contributed by atoms with Crippen molar-refractivity contribution in [1.82, 2.24) is 4.98 Å². The van der Waals surface area contributed by atoms with Crippen LogP contribution >= 0.6 is 11.6 Å². The molecule has 2 aromatic carbocycles. The first kappa shape index (κ1) is 24.5. The van der Waals surface area contributed by atoms with Crippen LogP contribution in [0.2, 0.25) is 5.15 Å². The Kier molecular flexibility index (Phi) is 6.68. The number of pyridine rings is 1.